The molecule has 1 aliphatic rings. The van der Waals surface area contributed by atoms with Crippen LogP contribution in [0.25, 0.3) is 10.2 Å². The summed E-state index contributed by atoms with van der Waals surface area (Å²) in [6, 6.07) is 13.3. The molecule has 0 saturated carbocycles. The molecule has 0 N–H and O–H groups in total. The number of para-hydroxylation sites is 1. The molecule has 1 amide bonds. The molecule has 0 aliphatic carbocycles. The summed E-state index contributed by atoms with van der Waals surface area (Å²) in [7, 11) is -3.55. The van der Waals surface area contributed by atoms with Gasteiger partial charge in [-0.25, -0.2) is 8.42 Å². The average molecular weight is 474 g/mol. The lowest BCUT2D eigenvalue weighted by Gasteiger charge is -2.15. The van der Waals surface area contributed by atoms with Crippen molar-refractivity contribution < 1.29 is 22.7 Å². The topological polar surface area (TPSA) is 98.0 Å². The van der Waals surface area contributed by atoms with Gasteiger partial charge in [-0.1, -0.05) is 23.5 Å². The lowest BCUT2D eigenvalue weighted by Crippen LogP contribution is -2.27. The van der Waals surface area contributed by atoms with Crippen molar-refractivity contribution in [2.75, 3.05) is 19.7 Å². The van der Waals surface area contributed by atoms with Gasteiger partial charge in [0, 0.05) is 18.7 Å². The molecular formula is C22H23N3O5S2. The van der Waals surface area contributed by atoms with Crippen molar-refractivity contribution in [1.29, 1.82) is 0 Å². The van der Waals surface area contributed by atoms with Crippen LogP contribution < -0.4 is 4.80 Å². The number of sulfonamides is 1. The van der Waals surface area contributed by atoms with Gasteiger partial charge in [-0.05, 0) is 56.2 Å². The molecule has 0 bridgehead atoms. The Bertz CT molecular complexity index is 1320. The molecule has 8 nitrogen and oxygen atoms in total. The number of rotatable bonds is 6. The number of amides is 1. The normalized spacial score (nSPS) is 15.3. The lowest BCUT2D eigenvalue weighted by atomic mass is 10.2. The number of aromatic nitrogens is 1. The number of nitrogens with zero attached hydrogens (tertiary/aromatic N) is 3. The molecule has 1 fully saturated rings. The van der Waals surface area contributed by atoms with E-state index in [9.17, 15) is 18.0 Å². The quantitative estimate of drug-likeness (QED) is 0.513. The summed E-state index contributed by atoms with van der Waals surface area (Å²) in [5.41, 5.74) is 1.05. The molecule has 1 saturated heterocycles. The van der Waals surface area contributed by atoms with Gasteiger partial charge >= 0.3 is 5.97 Å². The number of benzene rings is 2. The molecule has 0 radical (unpaired) electrons. The van der Waals surface area contributed by atoms with Gasteiger partial charge in [0.1, 0.15) is 6.54 Å². The highest BCUT2D eigenvalue weighted by Crippen LogP contribution is 2.21. The molecule has 2 aromatic carbocycles. The lowest BCUT2D eigenvalue weighted by molar-refractivity contribution is -0.143. The van der Waals surface area contributed by atoms with Crippen LogP contribution >= 0.6 is 11.3 Å². The Kier molecular flexibility index (Phi) is 6.54. The molecule has 3 aromatic rings. The predicted octanol–water partition coefficient (Wildman–Crippen LogP) is 2.79. The second-order valence-electron chi connectivity index (χ2n) is 7.30. The Balaban J connectivity index is 1.65. The van der Waals surface area contributed by atoms with Crippen LogP contribution in [0.5, 0.6) is 0 Å². The highest BCUT2D eigenvalue weighted by molar-refractivity contribution is 7.89. The van der Waals surface area contributed by atoms with Gasteiger partial charge in [-0.3, -0.25) is 9.59 Å². The first kappa shape index (κ1) is 22.4. The standard InChI is InChI=1S/C22H23N3O5S2/c1-2-30-20(26)15-25-18-7-3-4-8-19(18)31-22(25)23-21(27)16-9-11-17(12-10-16)32(28,29)24-13-5-6-14-24/h3-4,7-12H,2,5-6,13-15H2,1H3. The zero-order chi connectivity index (χ0) is 22.7. The molecule has 0 spiro atoms. The summed E-state index contributed by atoms with van der Waals surface area (Å²) in [6.45, 7) is 2.97. The van der Waals surface area contributed by atoms with E-state index in [0.29, 0.717) is 17.9 Å². The number of carbonyl (C=O) groups excluding carboxylic acids is 2. The molecule has 1 aromatic heterocycles. The molecule has 4 rings (SSSR count). The third kappa shape index (κ3) is 4.52. The number of fused-ring (bicyclic) bond motifs is 1. The summed E-state index contributed by atoms with van der Waals surface area (Å²) >= 11 is 1.30. The van der Waals surface area contributed by atoms with Gasteiger partial charge in [-0.2, -0.15) is 9.30 Å². The Morgan fingerprint density at radius 1 is 1.06 bits per heavy atom. The van der Waals surface area contributed by atoms with Crippen molar-refractivity contribution in [3.63, 3.8) is 0 Å². The van der Waals surface area contributed by atoms with E-state index in [1.807, 2.05) is 24.3 Å². The minimum atomic E-state index is -3.55. The number of hydrogen-bond donors (Lipinski definition) is 0. The first-order chi connectivity index (χ1) is 15.4. The van der Waals surface area contributed by atoms with Crippen LogP contribution in [0, 0.1) is 0 Å². The van der Waals surface area contributed by atoms with Gasteiger partial charge in [0.2, 0.25) is 10.0 Å². The maximum atomic E-state index is 12.8. The van der Waals surface area contributed by atoms with Crippen molar-refractivity contribution in [3.05, 3.63) is 58.9 Å². The van der Waals surface area contributed by atoms with E-state index in [2.05, 4.69) is 4.99 Å². The minimum Gasteiger partial charge on any atom is -0.465 e. The second kappa shape index (κ2) is 9.35. The Hall–Kier alpha value is -2.82. The highest BCUT2D eigenvalue weighted by atomic mass is 32.2. The van der Waals surface area contributed by atoms with E-state index in [1.165, 1.54) is 39.9 Å². The number of ether oxygens (including phenoxy) is 1. The fraction of sp³-hybridized carbons (Fsp3) is 0.318. The van der Waals surface area contributed by atoms with E-state index in [0.717, 1.165) is 23.1 Å². The second-order valence-corrected chi connectivity index (χ2v) is 10.2. The SMILES string of the molecule is CCOC(=O)Cn1c(=NC(=O)c2ccc(S(=O)(=O)N3CCCC3)cc2)sc2ccccc21. The minimum absolute atomic E-state index is 0.0585. The summed E-state index contributed by atoms with van der Waals surface area (Å²) in [5, 5.41) is 0. The van der Waals surface area contributed by atoms with Crippen molar-refractivity contribution >= 4 is 43.5 Å². The van der Waals surface area contributed by atoms with E-state index in [-0.39, 0.29) is 23.6 Å². The van der Waals surface area contributed by atoms with Crippen molar-refractivity contribution in [2.24, 2.45) is 4.99 Å². The third-order valence-electron chi connectivity index (χ3n) is 5.18. The fourth-order valence-corrected chi connectivity index (χ4v) is 6.14. The first-order valence-electron chi connectivity index (χ1n) is 10.3. The number of thiazole rings is 1. The van der Waals surface area contributed by atoms with Crippen LogP contribution in [-0.2, 0) is 26.1 Å². The monoisotopic (exact) mass is 473 g/mol. The third-order valence-corrected chi connectivity index (χ3v) is 8.15. The molecule has 0 unspecified atom stereocenters. The van der Waals surface area contributed by atoms with Crippen LogP contribution in [0.4, 0.5) is 0 Å². The van der Waals surface area contributed by atoms with Crippen LogP contribution in [0.15, 0.2) is 58.4 Å². The van der Waals surface area contributed by atoms with Gasteiger partial charge in [-0.15, -0.1) is 0 Å². The first-order valence-corrected chi connectivity index (χ1v) is 12.6. The van der Waals surface area contributed by atoms with Crippen LogP contribution in [0.3, 0.4) is 0 Å². The van der Waals surface area contributed by atoms with Gasteiger partial charge in [0.25, 0.3) is 5.91 Å². The van der Waals surface area contributed by atoms with Crippen molar-refractivity contribution in [1.82, 2.24) is 8.87 Å². The molecule has 2 heterocycles. The largest absolute Gasteiger partial charge is 0.465 e. The van der Waals surface area contributed by atoms with E-state index < -0.39 is 21.9 Å². The highest BCUT2D eigenvalue weighted by Gasteiger charge is 2.27. The average Bonchev–Trinajstić information content (AvgIpc) is 3.44. The molecular weight excluding hydrogens is 450 g/mol. The smallest absolute Gasteiger partial charge is 0.326 e. The number of esters is 1. The Labute approximate surface area is 189 Å². The summed E-state index contributed by atoms with van der Waals surface area (Å²) in [5.74, 6) is -0.930. The van der Waals surface area contributed by atoms with Gasteiger partial charge < -0.3 is 9.30 Å². The summed E-state index contributed by atoms with van der Waals surface area (Å²) in [4.78, 5) is 29.7. The predicted molar refractivity (Wildman–Crippen MR) is 121 cm³/mol. The Morgan fingerprint density at radius 2 is 1.75 bits per heavy atom. The van der Waals surface area contributed by atoms with Crippen molar-refractivity contribution in [3.8, 4) is 0 Å². The maximum absolute atomic E-state index is 12.8. The number of hydrogen-bond acceptors (Lipinski definition) is 6. The summed E-state index contributed by atoms with van der Waals surface area (Å²) < 4.78 is 34.4. The molecule has 0 atom stereocenters. The maximum Gasteiger partial charge on any atom is 0.326 e. The zero-order valence-electron chi connectivity index (χ0n) is 17.6. The Morgan fingerprint density at radius 3 is 2.44 bits per heavy atom. The summed E-state index contributed by atoms with van der Waals surface area (Å²) in [6.07, 6.45) is 1.71. The van der Waals surface area contributed by atoms with Gasteiger partial charge in [0.15, 0.2) is 4.80 Å². The van der Waals surface area contributed by atoms with E-state index >= 15 is 0 Å². The fourth-order valence-electron chi connectivity index (χ4n) is 3.59. The van der Waals surface area contributed by atoms with E-state index in [1.54, 1.807) is 11.5 Å². The van der Waals surface area contributed by atoms with Crippen LogP contribution in [0.1, 0.15) is 30.1 Å². The van der Waals surface area contributed by atoms with E-state index in [4.69, 9.17) is 4.74 Å². The molecule has 1 aliphatic heterocycles. The van der Waals surface area contributed by atoms with Crippen molar-refractivity contribution in [2.45, 2.75) is 31.2 Å². The molecule has 10 heteroatoms. The molecule has 32 heavy (non-hydrogen) atoms. The van der Waals surface area contributed by atoms with Crippen LogP contribution in [0.2, 0.25) is 0 Å². The zero-order valence-corrected chi connectivity index (χ0v) is 19.2. The number of carbonyl (C=O) groups is 2. The van der Waals surface area contributed by atoms with Gasteiger partial charge in [0.05, 0.1) is 21.7 Å². The molecule has 168 valence electrons. The van der Waals surface area contributed by atoms with Crippen LogP contribution in [-0.4, -0.2) is 48.9 Å².